The van der Waals surface area contributed by atoms with Gasteiger partial charge in [-0.3, -0.25) is 4.90 Å². The Bertz CT molecular complexity index is 1080. The Balaban J connectivity index is 1.33. The predicted molar refractivity (Wildman–Crippen MR) is 103 cm³/mol. The third-order valence-electron chi connectivity index (χ3n) is 4.85. The van der Waals surface area contributed by atoms with Gasteiger partial charge in [-0.2, -0.15) is 0 Å². The van der Waals surface area contributed by atoms with Crippen LogP contribution in [0.5, 0.6) is 0 Å². The highest BCUT2D eigenvalue weighted by Crippen LogP contribution is 2.23. The van der Waals surface area contributed by atoms with Gasteiger partial charge >= 0.3 is 0 Å². The predicted octanol–water partition coefficient (Wildman–Crippen LogP) is 3.15. The molecule has 0 spiro atoms. The first-order chi connectivity index (χ1) is 13.8. The Kier molecular flexibility index (Phi) is 4.34. The average molecular weight is 370 g/mol. The molecule has 1 aliphatic rings. The largest absolute Gasteiger partial charge is 0.356 e. The van der Waals surface area contributed by atoms with E-state index in [0.29, 0.717) is 5.82 Å². The van der Waals surface area contributed by atoms with E-state index in [1.165, 1.54) is 11.9 Å². The molecule has 4 aromatic rings. The van der Waals surface area contributed by atoms with E-state index in [1.807, 2.05) is 42.6 Å². The lowest BCUT2D eigenvalue weighted by molar-refractivity contribution is 0.234. The number of nitrogens with zero attached hydrogens (tertiary/aromatic N) is 6. The fourth-order valence-corrected chi connectivity index (χ4v) is 3.40. The van der Waals surface area contributed by atoms with E-state index in [1.54, 1.807) is 12.4 Å². The van der Waals surface area contributed by atoms with E-state index >= 15 is 0 Å². The normalized spacial score (nSPS) is 14.0. The molecule has 1 aliphatic heterocycles. The smallest absolute Gasteiger partial charge is 0.167 e. The van der Waals surface area contributed by atoms with Crippen LogP contribution < -0.4 is 0 Å². The third kappa shape index (κ3) is 3.39. The van der Waals surface area contributed by atoms with Crippen LogP contribution in [0, 0.1) is 0 Å². The van der Waals surface area contributed by atoms with Crippen molar-refractivity contribution in [3.8, 4) is 22.7 Å². The van der Waals surface area contributed by atoms with Crippen LogP contribution in [0.3, 0.4) is 0 Å². The Morgan fingerprint density at radius 3 is 2.71 bits per heavy atom. The molecule has 0 radical (unpaired) electrons. The molecule has 0 fully saturated rings. The van der Waals surface area contributed by atoms with Crippen LogP contribution in [0.4, 0.5) is 0 Å². The van der Waals surface area contributed by atoms with E-state index < -0.39 is 0 Å². The fraction of sp³-hybridized carbons (Fsp3) is 0.190. The molecule has 0 amide bonds. The van der Waals surface area contributed by atoms with Crippen molar-refractivity contribution in [1.82, 2.24) is 30.0 Å². The minimum Gasteiger partial charge on any atom is -0.356 e. The molecule has 0 unspecified atom stereocenters. The monoisotopic (exact) mass is 370 g/mol. The van der Waals surface area contributed by atoms with Gasteiger partial charge in [-0.15, -0.1) is 0 Å². The number of benzene rings is 1. The Morgan fingerprint density at radius 2 is 1.86 bits per heavy atom. The minimum absolute atomic E-state index is 0.661. The van der Waals surface area contributed by atoms with Crippen molar-refractivity contribution < 1.29 is 4.52 Å². The summed E-state index contributed by atoms with van der Waals surface area (Å²) in [6.07, 6.45) is 7.81. The van der Waals surface area contributed by atoms with E-state index in [4.69, 9.17) is 9.51 Å². The summed E-state index contributed by atoms with van der Waals surface area (Å²) in [4.78, 5) is 19.7. The van der Waals surface area contributed by atoms with Crippen LogP contribution in [-0.4, -0.2) is 36.5 Å². The minimum atomic E-state index is 0.661. The topological polar surface area (TPSA) is 80.8 Å². The number of fused-ring (bicyclic) bond motifs is 1. The average Bonchev–Trinajstić information content (AvgIpc) is 3.23. The second kappa shape index (κ2) is 7.28. The lowest BCUT2D eigenvalue weighted by Crippen LogP contribution is -2.31. The molecule has 7 nitrogen and oxygen atoms in total. The first-order valence-electron chi connectivity index (χ1n) is 9.19. The molecule has 0 N–H and O–H groups in total. The molecule has 0 saturated carbocycles. The zero-order valence-corrected chi connectivity index (χ0v) is 15.2. The molecular weight excluding hydrogens is 352 g/mol. The van der Waals surface area contributed by atoms with Crippen molar-refractivity contribution in [2.75, 3.05) is 6.54 Å². The molecular formula is C21H18N6O. The van der Waals surface area contributed by atoms with E-state index in [2.05, 4.69) is 25.0 Å². The van der Waals surface area contributed by atoms with Crippen molar-refractivity contribution in [2.45, 2.75) is 19.5 Å². The number of hydrogen-bond donors (Lipinski definition) is 0. The first kappa shape index (κ1) is 16.7. The third-order valence-corrected chi connectivity index (χ3v) is 4.85. The van der Waals surface area contributed by atoms with E-state index in [9.17, 15) is 0 Å². The molecule has 7 heteroatoms. The van der Waals surface area contributed by atoms with Crippen LogP contribution in [0.25, 0.3) is 22.7 Å². The summed E-state index contributed by atoms with van der Waals surface area (Å²) in [7, 11) is 0. The molecule has 1 aromatic carbocycles. The summed E-state index contributed by atoms with van der Waals surface area (Å²) in [5, 5.41) is 4.24. The van der Waals surface area contributed by atoms with Crippen LogP contribution >= 0.6 is 0 Å². The molecule has 3 aromatic heterocycles. The van der Waals surface area contributed by atoms with E-state index in [0.717, 1.165) is 54.3 Å². The molecule has 0 aliphatic carbocycles. The SMILES string of the molecule is c1ccc(-c2cc(CN3CCc4cnc(-c5cncnc5)nc4C3)no2)cc1. The summed E-state index contributed by atoms with van der Waals surface area (Å²) >= 11 is 0. The van der Waals surface area contributed by atoms with Crippen molar-refractivity contribution in [2.24, 2.45) is 0 Å². The molecule has 5 rings (SSSR count). The van der Waals surface area contributed by atoms with Gasteiger partial charge in [-0.25, -0.2) is 19.9 Å². The molecule has 0 bridgehead atoms. The van der Waals surface area contributed by atoms with Crippen LogP contribution in [0.1, 0.15) is 17.0 Å². The van der Waals surface area contributed by atoms with Gasteiger partial charge in [0.05, 0.1) is 17.0 Å². The number of aromatic nitrogens is 5. The molecule has 0 saturated heterocycles. The molecule has 28 heavy (non-hydrogen) atoms. The summed E-state index contributed by atoms with van der Waals surface area (Å²) in [5.74, 6) is 1.45. The Labute approximate surface area is 162 Å². The Morgan fingerprint density at radius 1 is 1.00 bits per heavy atom. The van der Waals surface area contributed by atoms with Crippen molar-refractivity contribution in [1.29, 1.82) is 0 Å². The fourth-order valence-electron chi connectivity index (χ4n) is 3.40. The van der Waals surface area contributed by atoms with Gasteiger partial charge in [0.1, 0.15) is 6.33 Å². The number of rotatable bonds is 4. The van der Waals surface area contributed by atoms with Crippen LogP contribution in [-0.2, 0) is 19.5 Å². The number of hydrogen-bond acceptors (Lipinski definition) is 7. The zero-order chi connectivity index (χ0) is 18.8. The van der Waals surface area contributed by atoms with Gasteiger partial charge in [0, 0.05) is 49.9 Å². The van der Waals surface area contributed by atoms with Gasteiger partial charge in [0.25, 0.3) is 0 Å². The summed E-state index contributed by atoms with van der Waals surface area (Å²) < 4.78 is 5.52. The van der Waals surface area contributed by atoms with Gasteiger partial charge in [0.2, 0.25) is 0 Å². The van der Waals surface area contributed by atoms with Crippen molar-refractivity contribution >= 4 is 0 Å². The Hall–Kier alpha value is -3.45. The van der Waals surface area contributed by atoms with Crippen molar-refractivity contribution in [3.63, 3.8) is 0 Å². The van der Waals surface area contributed by atoms with Gasteiger partial charge < -0.3 is 4.52 Å². The highest BCUT2D eigenvalue weighted by molar-refractivity contribution is 5.57. The highest BCUT2D eigenvalue weighted by Gasteiger charge is 2.20. The van der Waals surface area contributed by atoms with Crippen LogP contribution in [0.15, 0.2) is 65.8 Å². The quantitative estimate of drug-likeness (QED) is 0.546. The maximum Gasteiger partial charge on any atom is 0.167 e. The maximum absolute atomic E-state index is 5.52. The maximum atomic E-state index is 5.52. The van der Waals surface area contributed by atoms with Gasteiger partial charge in [-0.05, 0) is 12.0 Å². The molecule has 4 heterocycles. The second-order valence-corrected chi connectivity index (χ2v) is 6.80. The first-order valence-corrected chi connectivity index (χ1v) is 9.19. The molecule has 138 valence electrons. The highest BCUT2D eigenvalue weighted by atomic mass is 16.5. The standard InChI is InChI=1S/C21H18N6O/c1-2-4-15(5-3-1)20-8-18(26-28-20)12-27-7-6-16-11-24-21(25-19(16)13-27)17-9-22-14-23-10-17/h1-5,8-11,14H,6-7,12-13H2. The van der Waals surface area contributed by atoms with Crippen LogP contribution in [0.2, 0.25) is 0 Å². The summed E-state index contributed by atoms with van der Waals surface area (Å²) in [5.41, 5.74) is 5.03. The lowest BCUT2D eigenvalue weighted by Gasteiger charge is -2.27. The second-order valence-electron chi connectivity index (χ2n) is 6.80. The summed E-state index contributed by atoms with van der Waals surface area (Å²) in [6, 6.07) is 12.0. The van der Waals surface area contributed by atoms with Gasteiger partial charge in [0.15, 0.2) is 11.6 Å². The van der Waals surface area contributed by atoms with E-state index in [-0.39, 0.29) is 0 Å². The van der Waals surface area contributed by atoms with Gasteiger partial charge in [-0.1, -0.05) is 35.5 Å². The summed E-state index contributed by atoms with van der Waals surface area (Å²) in [6.45, 7) is 2.42. The zero-order valence-electron chi connectivity index (χ0n) is 15.2. The lowest BCUT2D eigenvalue weighted by atomic mass is 10.1. The molecule has 0 atom stereocenters. The van der Waals surface area contributed by atoms with Crippen molar-refractivity contribution in [3.05, 3.63) is 78.3 Å².